The summed E-state index contributed by atoms with van der Waals surface area (Å²) in [5.41, 5.74) is 0.992. The fourth-order valence-electron chi connectivity index (χ4n) is 2.28. The smallest absolute Gasteiger partial charge is 0.336 e. The lowest BCUT2D eigenvalue weighted by Gasteiger charge is -2.10. The fraction of sp³-hybridized carbons (Fsp3) is 0.333. The molecule has 2 heterocycles. The van der Waals surface area contributed by atoms with E-state index in [-0.39, 0.29) is 12.2 Å². The summed E-state index contributed by atoms with van der Waals surface area (Å²) in [4.78, 5) is 11.7. The molecule has 0 fully saturated rings. The molecule has 0 N–H and O–H groups in total. The summed E-state index contributed by atoms with van der Waals surface area (Å²) in [5, 5.41) is 15.3. The monoisotopic (exact) mass is 333 g/mol. The van der Waals surface area contributed by atoms with Gasteiger partial charge in [-0.3, -0.25) is 10.3 Å². The standard InChI is InChI=1S/C15H14ClN4O3/c1-2-3-4-9-5-15(21)23-12-7-13(11(16)6-10(9)12)22-8-14-17-19-20-18-14/h5-7H,2-4,8H2,1H3/q-1. The highest BCUT2D eigenvalue weighted by Crippen LogP contribution is 2.32. The minimum absolute atomic E-state index is 0.0813. The number of aryl methyl sites for hydroxylation is 1. The molecule has 0 spiro atoms. The molecule has 0 saturated heterocycles. The van der Waals surface area contributed by atoms with Gasteiger partial charge in [-0.15, -0.1) is 0 Å². The fourth-order valence-corrected chi connectivity index (χ4v) is 2.49. The Morgan fingerprint density at radius 2 is 2.22 bits per heavy atom. The number of hydrogen-bond acceptors (Lipinski definition) is 6. The predicted octanol–water partition coefficient (Wildman–Crippen LogP) is 2.51. The van der Waals surface area contributed by atoms with Crippen LogP contribution in [-0.2, 0) is 13.0 Å². The van der Waals surface area contributed by atoms with Gasteiger partial charge in [0.15, 0.2) is 0 Å². The summed E-state index contributed by atoms with van der Waals surface area (Å²) in [7, 11) is 0. The Morgan fingerprint density at radius 3 is 2.96 bits per heavy atom. The van der Waals surface area contributed by atoms with Crippen molar-refractivity contribution < 1.29 is 9.15 Å². The second kappa shape index (κ2) is 6.78. The number of ether oxygens (including phenoxy) is 1. The minimum Gasteiger partial charge on any atom is -0.487 e. The molecule has 0 amide bonds. The van der Waals surface area contributed by atoms with Crippen LogP contribution in [0.4, 0.5) is 0 Å². The number of aromatic nitrogens is 4. The van der Waals surface area contributed by atoms with E-state index >= 15 is 0 Å². The molecule has 0 aliphatic heterocycles. The van der Waals surface area contributed by atoms with Crippen LogP contribution in [0.15, 0.2) is 27.4 Å². The number of benzene rings is 1. The van der Waals surface area contributed by atoms with E-state index in [0.717, 1.165) is 30.2 Å². The Balaban J connectivity index is 1.95. The third kappa shape index (κ3) is 3.50. The molecule has 3 rings (SSSR count). The van der Waals surface area contributed by atoms with Crippen LogP contribution in [0, 0.1) is 0 Å². The first-order valence-corrected chi connectivity index (χ1v) is 7.62. The summed E-state index contributed by atoms with van der Waals surface area (Å²) >= 11 is 6.27. The summed E-state index contributed by atoms with van der Waals surface area (Å²) in [6, 6.07) is 4.88. The van der Waals surface area contributed by atoms with Gasteiger partial charge >= 0.3 is 5.63 Å². The van der Waals surface area contributed by atoms with Crippen LogP contribution in [0.25, 0.3) is 11.0 Å². The van der Waals surface area contributed by atoms with Crippen LogP contribution in [0.2, 0.25) is 5.02 Å². The second-order valence-electron chi connectivity index (χ2n) is 5.06. The van der Waals surface area contributed by atoms with Crippen molar-refractivity contribution in [2.45, 2.75) is 32.8 Å². The van der Waals surface area contributed by atoms with Gasteiger partial charge < -0.3 is 14.3 Å². The molecule has 0 aliphatic carbocycles. The molecule has 8 heteroatoms. The highest BCUT2D eigenvalue weighted by Gasteiger charge is 2.11. The van der Waals surface area contributed by atoms with Crippen LogP contribution in [0.5, 0.6) is 5.75 Å². The van der Waals surface area contributed by atoms with Gasteiger partial charge in [-0.1, -0.05) is 24.9 Å². The van der Waals surface area contributed by atoms with Crippen molar-refractivity contribution in [3.8, 4) is 5.75 Å². The molecule has 0 aliphatic rings. The minimum atomic E-state index is -0.385. The third-order valence-corrected chi connectivity index (χ3v) is 3.69. The number of fused-ring (bicyclic) bond motifs is 1. The molecule has 0 bridgehead atoms. The Hall–Kier alpha value is -2.41. The van der Waals surface area contributed by atoms with Crippen LogP contribution in [-0.4, -0.2) is 15.5 Å². The van der Waals surface area contributed by atoms with Crippen LogP contribution < -0.4 is 15.5 Å². The Morgan fingerprint density at radius 1 is 1.35 bits per heavy atom. The van der Waals surface area contributed by atoms with Crippen LogP contribution >= 0.6 is 11.6 Å². The van der Waals surface area contributed by atoms with Crippen molar-refractivity contribution in [3.05, 3.63) is 45.0 Å². The molecule has 0 radical (unpaired) electrons. The predicted molar refractivity (Wildman–Crippen MR) is 83.6 cm³/mol. The molecular formula is C15H14ClN4O3-. The first kappa shape index (κ1) is 15.5. The molecule has 120 valence electrons. The number of tetrazole rings is 1. The van der Waals surface area contributed by atoms with Gasteiger partial charge in [0.05, 0.1) is 5.02 Å². The third-order valence-electron chi connectivity index (χ3n) is 3.40. The zero-order chi connectivity index (χ0) is 16.2. The van der Waals surface area contributed by atoms with E-state index in [1.165, 1.54) is 6.07 Å². The summed E-state index contributed by atoms with van der Waals surface area (Å²) in [6.45, 7) is 2.18. The van der Waals surface area contributed by atoms with Crippen LogP contribution in [0.3, 0.4) is 0 Å². The molecular weight excluding hydrogens is 320 g/mol. The van der Waals surface area contributed by atoms with E-state index in [1.54, 1.807) is 12.1 Å². The first-order valence-electron chi connectivity index (χ1n) is 7.24. The van der Waals surface area contributed by atoms with E-state index < -0.39 is 0 Å². The van der Waals surface area contributed by atoms with Crippen molar-refractivity contribution in [2.75, 3.05) is 0 Å². The maximum absolute atomic E-state index is 11.7. The molecule has 23 heavy (non-hydrogen) atoms. The largest absolute Gasteiger partial charge is 0.487 e. The second-order valence-corrected chi connectivity index (χ2v) is 5.46. The normalized spacial score (nSPS) is 11.0. The highest BCUT2D eigenvalue weighted by atomic mass is 35.5. The number of hydrogen-bond donors (Lipinski definition) is 0. The molecule has 7 nitrogen and oxygen atoms in total. The van der Waals surface area contributed by atoms with Crippen LogP contribution in [0.1, 0.15) is 31.2 Å². The lowest BCUT2D eigenvalue weighted by molar-refractivity contribution is 0.295. The van der Waals surface area contributed by atoms with Gasteiger partial charge in [-0.2, -0.15) is 5.21 Å². The SMILES string of the molecule is CCCCc1cc(=O)oc2cc(OCc3nnn[n-]3)c(Cl)cc12. The zero-order valence-electron chi connectivity index (χ0n) is 12.5. The topological polar surface area (TPSA) is 92.2 Å². The van der Waals surface area contributed by atoms with Crippen molar-refractivity contribution in [3.63, 3.8) is 0 Å². The maximum atomic E-state index is 11.7. The average molecular weight is 334 g/mol. The Bertz CT molecular complexity index is 861. The van der Waals surface area contributed by atoms with E-state index in [9.17, 15) is 4.79 Å². The average Bonchev–Trinajstić information content (AvgIpc) is 3.04. The number of halogens is 1. The first-order chi connectivity index (χ1) is 11.2. The number of nitrogens with zero attached hydrogens (tertiary/aromatic N) is 4. The maximum Gasteiger partial charge on any atom is 0.336 e. The molecule has 0 atom stereocenters. The van der Waals surface area contributed by atoms with Crippen molar-refractivity contribution in [1.29, 1.82) is 0 Å². The Labute approximate surface area is 136 Å². The Kier molecular flexibility index (Phi) is 4.57. The van der Waals surface area contributed by atoms with Gasteiger partial charge in [0.25, 0.3) is 0 Å². The molecule has 3 aromatic rings. The molecule has 1 aromatic carbocycles. The molecule has 0 unspecified atom stereocenters. The molecule has 0 saturated carbocycles. The molecule has 2 aromatic heterocycles. The number of unbranched alkanes of at least 4 members (excludes halogenated alkanes) is 1. The summed E-state index contributed by atoms with van der Waals surface area (Å²) in [5.74, 6) is 0.735. The summed E-state index contributed by atoms with van der Waals surface area (Å²) < 4.78 is 10.8. The van der Waals surface area contributed by atoms with Gasteiger partial charge in [0.2, 0.25) is 0 Å². The zero-order valence-corrected chi connectivity index (χ0v) is 13.2. The van der Waals surface area contributed by atoms with E-state index in [0.29, 0.717) is 22.2 Å². The number of rotatable bonds is 6. The highest BCUT2D eigenvalue weighted by molar-refractivity contribution is 6.32. The summed E-state index contributed by atoms with van der Waals surface area (Å²) in [6.07, 6.45) is 2.83. The van der Waals surface area contributed by atoms with Gasteiger partial charge in [0.1, 0.15) is 17.9 Å². The van der Waals surface area contributed by atoms with Crippen molar-refractivity contribution in [2.24, 2.45) is 0 Å². The lowest BCUT2D eigenvalue weighted by Crippen LogP contribution is -2.03. The van der Waals surface area contributed by atoms with Gasteiger partial charge in [-0.05, 0) is 24.5 Å². The van der Waals surface area contributed by atoms with E-state index in [2.05, 4.69) is 27.5 Å². The van der Waals surface area contributed by atoms with E-state index in [4.69, 9.17) is 20.8 Å². The van der Waals surface area contributed by atoms with Gasteiger partial charge in [0, 0.05) is 23.3 Å². The van der Waals surface area contributed by atoms with Crippen molar-refractivity contribution >= 4 is 22.6 Å². The van der Waals surface area contributed by atoms with Crippen molar-refractivity contribution in [1.82, 2.24) is 20.6 Å². The quantitative estimate of drug-likeness (QED) is 0.640. The van der Waals surface area contributed by atoms with E-state index in [1.807, 2.05) is 0 Å². The van der Waals surface area contributed by atoms with Gasteiger partial charge in [-0.25, -0.2) is 4.79 Å². The lowest BCUT2D eigenvalue weighted by atomic mass is 10.0.